The molecule has 1 aliphatic carbocycles. The van der Waals surface area contributed by atoms with Crippen LogP contribution in [0.2, 0.25) is 0 Å². The van der Waals surface area contributed by atoms with Gasteiger partial charge >= 0.3 is 0 Å². The number of hydrogen-bond donors (Lipinski definition) is 0. The normalized spacial score (nSPS) is 12.8. The second-order valence-electron chi connectivity index (χ2n) is 15.3. The van der Waals surface area contributed by atoms with Gasteiger partial charge in [0.2, 0.25) is 0 Å². The summed E-state index contributed by atoms with van der Waals surface area (Å²) in [6.07, 6.45) is 0. The van der Waals surface area contributed by atoms with Crippen LogP contribution in [-0.4, -0.2) is 29.5 Å². The number of fused-ring (bicyclic) bond motifs is 6. The van der Waals surface area contributed by atoms with Crippen molar-refractivity contribution < 1.29 is 0 Å². The first-order valence-corrected chi connectivity index (χ1v) is 19.6. The van der Waals surface area contributed by atoms with E-state index in [0.29, 0.717) is 23.3 Å². The number of benzene rings is 7. The average Bonchev–Trinajstić information content (AvgIpc) is 3.74. The fourth-order valence-electron chi connectivity index (χ4n) is 8.63. The molecule has 11 rings (SSSR count). The lowest BCUT2D eigenvalue weighted by atomic mass is 9.80. The predicted molar refractivity (Wildman–Crippen MR) is 234 cm³/mol. The van der Waals surface area contributed by atoms with E-state index in [-0.39, 0.29) is 5.41 Å². The Kier molecular flexibility index (Phi) is 7.73. The summed E-state index contributed by atoms with van der Waals surface area (Å²) in [6.45, 7) is 4.56. The fraction of sp³-hybridized carbons (Fsp3) is 0.0577. The first kappa shape index (κ1) is 33.7. The third-order valence-electron chi connectivity index (χ3n) is 11.5. The standard InChI is InChI=1S/C52H36N6/c1-52(2)42-24-14-12-23-41(42)47-45(52)46(53-51(54-47)37-30-31-40-39-22-13-15-25-43(39)58(44(40)32-37)38-20-10-5-11-21-38)33-26-28-36(29-27-33)50-56-48(34-16-6-3-7-17-34)55-49(57-50)35-18-8-4-9-19-35/h3-32H,1-2H3. The molecule has 0 saturated heterocycles. The van der Waals surface area contributed by atoms with Gasteiger partial charge < -0.3 is 4.57 Å². The van der Waals surface area contributed by atoms with Gasteiger partial charge in [-0.25, -0.2) is 24.9 Å². The van der Waals surface area contributed by atoms with Gasteiger partial charge in [0.25, 0.3) is 0 Å². The molecule has 10 aromatic rings. The summed E-state index contributed by atoms with van der Waals surface area (Å²) in [4.78, 5) is 25.7. The maximum absolute atomic E-state index is 5.48. The van der Waals surface area contributed by atoms with E-state index in [1.165, 1.54) is 16.3 Å². The van der Waals surface area contributed by atoms with E-state index in [1.54, 1.807) is 0 Å². The van der Waals surface area contributed by atoms with Gasteiger partial charge in [-0.2, -0.15) is 0 Å². The van der Waals surface area contributed by atoms with Crippen LogP contribution in [0.3, 0.4) is 0 Å². The van der Waals surface area contributed by atoms with Gasteiger partial charge in [-0.15, -0.1) is 0 Å². The van der Waals surface area contributed by atoms with E-state index < -0.39 is 0 Å². The van der Waals surface area contributed by atoms with Crippen molar-refractivity contribution in [2.24, 2.45) is 0 Å². The van der Waals surface area contributed by atoms with Gasteiger partial charge in [0.1, 0.15) is 0 Å². The highest BCUT2D eigenvalue weighted by molar-refractivity contribution is 6.10. The van der Waals surface area contributed by atoms with Crippen molar-refractivity contribution in [3.63, 3.8) is 0 Å². The molecule has 6 nitrogen and oxygen atoms in total. The molecule has 3 heterocycles. The quantitative estimate of drug-likeness (QED) is 0.170. The van der Waals surface area contributed by atoms with Gasteiger partial charge in [-0.1, -0.05) is 172 Å². The molecule has 0 spiro atoms. The lowest BCUT2D eigenvalue weighted by molar-refractivity contribution is 0.658. The molecular weight excluding hydrogens is 709 g/mol. The summed E-state index contributed by atoms with van der Waals surface area (Å²) in [7, 11) is 0. The zero-order valence-electron chi connectivity index (χ0n) is 32.0. The summed E-state index contributed by atoms with van der Waals surface area (Å²) < 4.78 is 2.34. The molecule has 0 atom stereocenters. The van der Waals surface area contributed by atoms with Crippen LogP contribution in [0.4, 0.5) is 0 Å². The van der Waals surface area contributed by atoms with Crippen LogP contribution >= 0.6 is 0 Å². The van der Waals surface area contributed by atoms with Crippen molar-refractivity contribution in [1.82, 2.24) is 29.5 Å². The minimum Gasteiger partial charge on any atom is -0.309 e. The van der Waals surface area contributed by atoms with Gasteiger partial charge in [-0.3, -0.25) is 0 Å². The topological polar surface area (TPSA) is 69.4 Å². The molecule has 0 amide bonds. The third kappa shape index (κ3) is 5.45. The first-order chi connectivity index (χ1) is 28.5. The molecule has 3 aromatic heterocycles. The summed E-state index contributed by atoms with van der Waals surface area (Å²) in [5.74, 6) is 2.57. The number of rotatable bonds is 6. The Balaban J connectivity index is 1.08. The Hall–Kier alpha value is -7.57. The zero-order chi connectivity index (χ0) is 38.8. The number of nitrogens with zero attached hydrogens (tertiary/aromatic N) is 6. The number of para-hydroxylation sites is 2. The van der Waals surface area contributed by atoms with E-state index in [2.05, 4.69) is 140 Å². The van der Waals surface area contributed by atoms with E-state index in [0.717, 1.165) is 67.1 Å². The molecule has 274 valence electrons. The summed E-state index contributed by atoms with van der Waals surface area (Å²) in [6, 6.07) is 63.1. The van der Waals surface area contributed by atoms with Crippen molar-refractivity contribution in [1.29, 1.82) is 0 Å². The molecule has 0 aliphatic heterocycles. The molecule has 1 aliphatic rings. The molecule has 7 aromatic carbocycles. The van der Waals surface area contributed by atoms with Gasteiger partial charge in [0, 0.05) is 60.8 Å². The van der Waals surface area contributed by atoms with Crippen LogP contribution in [0.1, 0.15) is 25.0 Å². The molecule has 0 unspecified atom stereocenters. The van der Waals surface area contributed by atoms with Crippen LogP contribution in [0, 0.1) is 0 Å². The van der Waals surface area contributed by atoms with Crippen LogP contribution in [0.25, 0.3) is 95.6 Å². The van der Waals surface area contributed by atoms with Crippen LogP contribution in [0.15, 0.2) is 182 Å². The minimum absolute atomic E-state index is 0.314. The molecule has 0 N–H and O–H groups in total. The highest BCUT2D eigenvalue weighted by atomic mass is 15.0. The fourth-order valence-corrected chi connectivity index (χ4v) is 8.63. The summed E-state index contributed by atoms with van der Waals surface area (Å²) >= 11 is 0. The largest absolute Gasteiger partial charge is 0.309 e. The van der Waals surface area contributed by atoms with E-state index >= 15 is 0 Å². The Morgan fingerprint density at radius 1 is 0.379 bits per heavy atom. The van der Waals surface area contributed by atoms with Gasteiger partial charge in [0.05, 0.1) is 22.4 Å². The van der Waals surface area contributed by atoms with Crippen LogP contribution < -0.4 is 0 Å². The predicted octanol–water partition coefficient (Wildman–Crippen LogP) is 12.4. The lowest BCUT2D eigenvalue weighted by Crippen LogP contribution is -2.17. The zero-order valence-corrected chi connectivity index (χ0v) is 32.0. The monoisotopic (exact) mass is 744 g/mol. The number of hydrogen-bond acceptors (Lipinski definition) is 5. The second-order valence-corrected chi connectivity index (χ2v) is 15.3. The molecule has 6 heteroatoms. The summed E-state index contributed by atoms with van der Waals surface area (Å²) in [5.41, 5.74) is 13.2. The third-order valence-corrected chi connectivity index (χ3v) is 11.5. The smallest absolute Gasteiger partial charge is 0.164 e. The van der Waals surface area contributed by atoms with Gasteiger partial charge in [0.15, 0.2) is 23.3 Å². The highest BCUT2D eigenvalue weighted by Crippen LogP contribution is 2.51. The van der Waals surface area contributed by atoms with Crippen molar-refractivity contribution >= 4 is 21.8 Å². The summed E-state index contributed by atoms with van der Waals surface area (Å²) in [5, 5.41) is 2.40. The Labute approximate surface area is 336 Å². The first-order valence-electron chi connectivity index (χ1n) is 19.6. The molecule has 58 heavy (non-hydrogen) atoms. The van der Waals surface area contributed by atoms with Crippen molar-refractivity contribution in [3.05, 3.63) is 193 Å². The van der Waals surface area contributed by atoms with Crippen LogP contribution in [0.5, 0.6) is 0 Å². The van der Waals surface area contributed by atoms with E-state index in [9.17, 15) is 0 Å². The molecule has 0 fully saturated rings. The minimum atomic E-state index is -0.314. The Bertz CT molecular complexity index is 3110. The second kappa shape index (κ2) is 13.3. The molecule has 0 radical (unpaired) electrons. The highest BCUT2D eigenvalue weighted by Gasteiger charge is 2.40. The van der Waals surface area contributed by atoms with Crippen molar-refractivity contribution in [2.45, 2.75) is 19.3 Å². The number of aromatic nitrogens is 6. The van der Waals surface area contributed by atoms with E-state index in [4.69, 9.17) is 24.9 Å². The molecule has 0 bridgehead atoms. The Morgan fingerprint density at radius 2 is 0.862 bits per heavy atom. The van der Waals surface area contributed by atoms with Crippen molar-refractivity contribution in [2.75, 3.05) is 0 Å². The van der Waals surface area contributed by atoms with E-state index in [1.807, 2.05) is 60.7 Å². The Morgan fingerprint density at radius 3 is 1.53 bits per heavy atom. The molecular formula is C52H36N6. The maximum atomic E-state index is 5.48. The average molecular weight is 745 g/mol. The van der Waals surface area contributed by atoms with Gasteiger partial charge in [-0.05, 0) is 29.8 Å². The van der Waals surface area contributed by atoms with Crippen LogP contribution in [-0.2, 0) is 5.41 Å². The SMILES string of the molecule is CC1(C)c2ccccc2-c2nc(-c3ccc4c5ccccc5n(-c5ccccc5)c4c3)nc(-c3ccc(-c4nc(-c5ccccc5)nc(-c5ccccc5)n4)cc3)c21. The molecule has 0 saturated carbocycles. The maximum Gasteiger partial charge on any atom is 0.164 e. The van der Waals surface area contributed by atoms with Crippen molar-refractivity contribution in [3.8, 4) is 73.8 Å². The lowest BCUT2D eigenvalue weighted by Gasteiger charge is -2.24.